The molecule has 1 aliphatic carbocycles. The summed E-state index contributed by atoms with van der Waals surface area (Å²) < 4.78 is 14.5. The van der Waals surface area contributed by atoms with Crippen LogP contribution in [0.25, 0.3) is 0 Å². The van der Waals surface area contributed by atoms with Gasteiger partial charge in [-0.2, -0.15) is 0 Å². The molecule has 1 heterocycles. The van der Waals surface area contributed by atoms with E-state index >= 15 is 0 Å². The summed E-state index contributed by atoms with van der Waals surface area (Å²) in [7, 11) is 0. The highest BCUT2D eigenvalue weighted by atomic mass is 35.5. The van der Waals surface area contributed by atoms with Gasteiger partial charge in [-0.25, -0.2) is 9.29 Å². The summed E-state index contributed by atoms with van der Waals surface area (Å²) in [5.41, 5.74) is 0.919. The van der Waals surface area contributed by atoms with Gasteiger partial charge in [0.25, 0.3) is 0 Å². The number of benzene rings is 3. The van der Waals surface area contributed by atoms with Gasteiger partial charge in [-0.3, -0.25) is 9.59 Å². The van der Waals surface area contributed by atoms with Crippen LogP contribution < -0.4 is 4.90 Å². The van der Waals surface area contributed by atoms with E-state index < -0.39 is 34.7 Å². The molecule has 0 bridgehead atoms. The number of imide groups is 1. The molecule has 0 radical (unpaired) electrons. The summed E-state index contributed by atoms with van der Waals surface area (Å²) in [5, 5.41) is 10.2. The molecule has 6 heteroatoms. The van der Waals surface area contributed by atoms with E-state index in [-0.39, 0.29) is 5.91 Å². The first-order valence-corrected chi connectivity index (χ1v) is 11.3. The van der Waals surface area contributed by atoms with Crippen LogP contribution in [0.4, 0.5) is 10.1 Å². The molecule has 34 heavy (non-hydrogen) atoms. The van der Waals surface area contributed by atoms with Crippen molar-refractivity contribution in [3.63, 3.8) is 0 Å². The molecule has 3 aromatic carbocycles. The Morgan fingerprint density at radius 2 is 1.82 bits per heavy atom. The first kappa shape index (κ1) is 22.1. The zero-order chi connectivity index (χ0) is 24.0. The maximum atomic E-state index is 14.5. The van der Waals surface area contributed by atoms with Crippen molar-refractivity contribution < 1.29 is 19.1 Å². The number of fused-ring (bicyclic) bond motifs is 1. The molecule has 3 aromatic rings. The van der Waals surface area contributed by atoms with Crippen LogP contribution in [0.5, 0.6) is 5.75 Å². The van der Waals surface area contributed by atoms with Crippen molar-refractivity contribution in [2.24, 2.45) is 5.92 Å². The minimum absolute atomic E-state index is 0.328. The SMILES string of the molecule is C=CC1=CC[C@H]2C(=O)N(c3cccc(Cl)c3)C(=O)[C@@]2(c2ccccc2)[C@H]1c1ccc(O)c(F)c1. The molecule has 0 spiro atoms. The molecule has 4 nitrogen and oxygen atoms in total. The third-order valence-electron chi connectivity index (χ3n) is 6.86. The number of anilines is 1. The average molecular weight is 474 g/mol. The summed E-state index contributed by atoms with van der Waals surface area (Å²) in [6, 6.07) is 19.9. The number of phenols is 1. The normalized spacial score (nSPS) is 24.1. The average Bonchev–Trinajstić information content (AvgIpc) is 3.08. The molecule has 2 amide bonds. The maximum absolute atomic E-state index is 14.5. The Hall–Kier alpha value is -3.70. The van der Waals surface area contributed by atoms with Gasteiger partial charge in [0.2, 0.25) is 11.8 Å². The molecule has 0 unspecified atom stereocenters. The van der Waals surface area contributed by atoms with Gasteiger partial charge in [-0.15, -0.1) is 0 Å². The molecular formula is C28H21ClFNO3. The van der Waals surface area contributed by atoms with Crippen LogP contribution in [0.1, 0.15) is 23.5 Å². The Balaban J connectivity index is 1.81. The highest BCUT2D eigenvalue weighted by Gasteiger charge is 2.65. The number of nitrogens with zero attached hydrogens (tertiary/aromatic N) is 1. The fraction of sp³-hybridized carbons (Fsp3) is 0.143. The number of carbonyl (C=O) groups is 2. The van der Waals surface area contributed by atoms with E-state index in [2.05, 4.69) is 6.58 Å². The van der Waals surface area contributed by atoms with Gasteiger partial charge in [-0.1, -0.05) is 72.8 Å². The van der Waals surface area contributed by atoms with E-state index in [1.54, 1.807) is 36.4 Å². The lowest BCUT2D eigenvalue weighted by atomic mass is 9.56. The quantitative estimate of drug-likeness (QED) is 0.479. The third-order valence-corrected chi connectivity index (χ3v) is 7.10. The second-order valence-corrected chi connectivity index (χ2v) is 8.97. The number of aromatic hydroxyl groups is 1. The van der Waals surface area contributed by atoms with Gasteiger partial charge < -0.3 is 5.11 Å². The first-order chi connectivity index (χ1) is 16.4. The number of amides is 2. The molecule has 3 atom stereocenters. The Morgan fingerprint density at radius 1 is 1.06 bits per heavy atom. The standard InChI is InChI=1S/C28H21ClFNO3/c1-2-17-11-13-22-26(33)31(21-10-6-9-20(29)16-21)27(34)28(22,19-7-4-3-5-8-19)25(17)18-12-14-24(32)23(30)15-18/h2-12,14-16,22,25,32H,1,13H2/t22-,25+,28+/m0/s1. The minimum Gasteiger partial charge on any atom is -0.505 e. The predicted molar refractivity (Wildman–Crippen MR) is 129 cm³/mol. The van der Waals surface area contributed by atoms with E-state index in [1.165, 1.54) is 17.0 Å². The summed E-state index contributed by atoms with van der Waals surface area (Å²) in [6.07, 6.45) is 3.87. The number of phenolic OH excluding ortho intramolecular Hbond substituents is 1. The Kier molecular flexibility index (Phi) is 5.37. The molecule has 1 fully saturated rings. The van der Waals surface area contributed by atoms with Crippen molar-refractivity contribution in [1.82, 2.24) is 0 Å². The Labute approximate surface area is 201 Å². The van der Waals surface area contributed by atoms with Gasteiger partial charge in [0.15, 0.2) is 11.6 Å². The smallest absolute Gasteiger partial charge is 0.246 e. The molecule has 1 N–H and O–H groups in total. The largest absolute Gasteiger partial charge is 0.505 e. The monoisotopic (exact) mass is 473 g/mol. The fourth-order valence-corrected chi connectivity index (χ4v) is 5.64. The van der Waals surface area contributed by atoms with E-state index in [0.29, 0.717) is 28.3 Å². The number of hydrogen-bond acceptors (Lipinski definition) is 3. The lowest BCUT2D eigenvalue weighted by molar-refractivity contribution is -0.123. The number of rotatable bonds is 4. The van der Waals surface area contributed by atoms with E-state index in [1.807, 2.05) is 36.4 Å². The molecule has 0 saturated carbocycles. The first-order valence-electron chi connectivity index (χ1n) is 10.9. The summed E-state index contributed by atoms with van der Waals surface area (Å²) in [4.78, 5) is 29.5. The van der Waals surface area contributed by atoms with Gasteiger partial charge in [0, 0.05) is 10.9 Å². The zero-order valence-electron chi connectivity index (χ0n) is 18.1. The topological polar surface area (TPSA) is 57.6 Å². The second kappa shape index (κ2) is 8.26. The minimum atomic E-state index is -1.33. The Morgan fingerprint density at radius 3 is 2.50 bits per heavy atom. The van der Waals surface area contributed by atoms with Crippen molar-refractivity contribution in [1.29, 1.82) is 0 Å². The van der Waals surface area contributed by atoms with Crippen LogP contribution in [-0.4, -0.2) is 16.9 Å². The molecule has 5 rings (SSSR count). The lowest BCUT2D eigenvalue weighted by Crippen LogP contribution is -2.48. The van der Waals surface area contributed by atoms with Crippen LogP contribution in [0.3, 0.4) is 0 Å². The lowest BCUT2D eigenvalue weighted by Gasteiger charge is -2.43. The molecular weight excluding hydrogens is 453 g/mol. The zero-order valence-corrected chi connectivity index (χ0v) is 18.9. The fourth-order valence-electron chi connectivity index (χ4n) is 5.45. The van der Waals surface area contributed by atoms with Crippen molar-refractivity contribution in [3.8, 4) is 5.75 Å². The maximum Gasteiger partial charge on any atom is 0.246 e. The van der Waals surface area contributed by atoms with Crippen molar-refractivity contribution >= 4 is 29.1 Å². The van der Waals surface area contributed by atoms with Crippen LogP contribution in [-0.2, 0) is 15.0 Å². The Bertz CT molecular complexity index is 1350. The van der Waals surface area contributed by atoms with Crippen LogP contribution in [0.2, 0.25) is 5.02 Å². The van der Waals surface area contributed by atoms with Gasteiger partial charge in [-0.05, 0) is 53.5 Å². The van der Waals surface area contributed by atoms with E-state index in [0.717, 1.165) is 5.57 Å². The van der Waals surface area contributed by atoms with E-state index in [9.17, 15) is 19.1 Å². The molecule has 170 valence electrons. The summed E-state index contributed by atoms with van der Waals surface area (Å²) in [6.45, 7) is 3.93. The van der Waals surface area contributed by atoms with Crippen molar-refractivity contribution in [2.45, 2.75) is 17.8 Å². The summed E-state index contributed by atoms with van der Waals surface area (Å²) in [5.74, 6) is -3.42. The van der Waals surface area contributed by atoms with Crippen molar-refractivity contribution in [3.05, 3.63) is 119 Å². The van der Waals surface area contributed by atoms with Crippen LogP contribution >= 0.6 is 11.6 Å². The van der Waals surface area contributed by atoms with E-state index in [4.69, 9.17) is 11.6 Å². The summed E-state index contributed by atoms with van der Waals surface area (Å²) >= 11 is 6.19. The molecule has 0 aromatic heterocycles. The molecule has 1 aliphatic heterocycles. The number of allylic oxidation sites excluding steroid dienone is 3. The van der Waals surface area contributed by atoms with Crippen LogP contribution in [0.15, 0.2) is 97.1 Å². The highest BCUT2D eigenvalue weighted by Crippen LogP contribution is 2.58. The molecule has 1 saturated heterocycles. The van der Waals surface area contributed by atoms with Crippen LogP contribution in [0, 0.1) is 11.7 Å². The van der Waals surface area contributed by atoms with Gasteiger partial charge in [0.1, 0.15) is 0 Å². The van der Waals surface area contributed by atoms with Gasteiger partial charge >= 0.3 is 0 Å². The number of carbonyl (C=O) groups excluding carboxylic acids is 2. The third kappa shape index (κ3) is 3.11. The number of halogens is 2. The number of hydrogen-bond donors (Lipinski definition) is 1. The van der Waals surface area contributed by atoms with Gasteiger partial charge in [0.05, 0.1) is 17.0 Å². The highest BCUT2D eigenvalue weighted by molar-refractivity contribution is 6.32. The predicted octanol–water partition coefficient (Wildman–Crippen LogP) is 5.91. The van der Waals surface area contributed by atoms with Crippen molar-refractivity contribution in [2.75, 3.05) is 4.90 Å². The molecule has 2 aliphatic rings. The second-order valence-electron chi connectivity index (χ2n) is 8.53.